The molecule has 176 valence electrons. The molecule has 2 aliphatic heterocycles. The van der Waals surface area contributed by atoms with Crippen LogP contribution in [-0.4, -0.2) is 56.0 Å². The minimum Gasteiger partial charge on any atom is -0.483 e. The predicted molar refractivity (Wildman–Crippen MR) is 127 cm³/mol. The molecule has 0 bridgehead atoms. The maximum absolute atomic E-state index is 13.0. The third-order valence-corrected chi connectivity index (χ3v) is 8.95. The number of anilines is 1. The van der Waals surface area contributed by atoms with Gasteiger partial charge in [-0.05, 0) is 49.6 Å². The van der Waals surface area contributed by atoms with E-state index < -0.39 is 15.9 Å². The molecule has 8 nitrogen and oxygen atoms in total. The fourth-order valence-electron chi connectivity index (χ4n) is 4.03. The van der Waals surface area contributed by atoms with Crippen molar-refractivity contribution < 1.29 is 22.7 Å². The van der Waals surface area contributed by atoms with Gasteiger partial charge in [0.05, 0.1) is 16.1 Å². The highest BCUT2D eigenvalue weighted by Gasteiger charge is 2.29. The standard InChI is InChI=1S/C23H27N3O5S2/c1-16-10-13-26(19-6-2-3-7-21(19)32-16)22(27)15-31-20-9-8-17(14-18(20)23(24)28)33(29,30)25-11-4-5-12-25/h2-3,6-9,14,16H,4-5,10-13,15H2,1H3,(H2,24,28)/t16-/m0/s1. The van der Waals surface area contributed by atoms with Crippen molar-refractivity contribution in [3.8, 4) is 5.75 Å². The first-order chi connectivity index (χ1) is 15.8. The number of nitrogens with two attached hydrogens (primary N) is 1. The number of carbonyl (C=O) groups is 2. The second-order valence-corrected chi connectivity index (χ2v) is 11.6. The van der Waals surface area contributed by atoms with E-state index in [4.69, 9.17) is 10.5 Å². The molecule has 1 fully saturated rings. The summed E-state index contributed by atoms with van der Waals surface area (Å²) in [6, 6.07) is 11.7. The Bertz CT molecular complexity index is 1160. The smallest absolute Gasteiger partial charge is 0.264 e. The average Bonchev–Trinajstić information content (AvgIpc) is 3.29. The maximum Gasteiger partial charge on any atom is 0.264 e. The van der Waals surface area contributed by atoms with Crippen LogP contribution in [0.2, 0.25) is 0 Å². The molecular formula is C23H27N3O5S2. The second kappa shape index (κ2) is 9.74. The minimum atomic E-state index is -3.71. The predicted octanol–water partition coefficient (Wildman–Crippen LogP) is 2.87. The quantitative estimate of drug-likeness (QED) is 0.668. The Morgan fingerprint density at radius 3 is 2.58 bits per heavy atom. The van der Waals surface area contributed by atoms with Gasteiger partial charge in [-0.3, -0.25) is 9.59 Å². The molecule has 0 aliphatic carbocycles. The van der Waals surface area contributed by atoms with Crippen molar-refractivity contribution in [2.75, 3.05) is 31.1 Å². The first-order valence-electron chi connectivity index (χ1n) is 10.9. The van der Waals surface area contributed by atoms with Gasteiger partial charge in [0.1, 0.15) is 5.75 Å². The molecule has 0 saturated carbocycles. The van der Waals surface area contributed by atoms with Gasteiger partial charge in [-0.25, -0.2) is 8.42 Å². The van der Waals surface area contributed by atoms with Gasteiger partial charge < -0.3 is 15.4 Å². The summed E-state index contributed by atoms with van der Waals surface area (Å²) in [5, 5.41) is 0.372. The molecular weight excluding hydrogens is 462 g/mol. The zero-order valence-electron chi connectivity index (χ0n) is 18.4. The van der Waals surface area contributed by atoms with E-state index >= 15 is 0 Å². The molecule has 2 heterocycles. The number of ether oxygens (including phenoxy) is 1. The zero-order chi connectivity index (χ0) is 23.6. The number of fused-ring (bicyclic) bond motifs is 1. The van der Waals surface area contributed by atoms with Crippen LogP contribution in [0.5, 0.6) is 5.75 Å². The number of primary amides is 1. The molecule has 1 saturated heterocycles. The van der Waals surface area contributed by atoms with E-state index in [1.807, 2.05) is 24.3 Å². The van der Waals surface area contributed by atoms with Crippen LogP contribution in [0.1, 0.15) is 36.5 Å². The first-order valence-corrected chi connectivity index (χ1v) is 13.2. The van der Waals surface area contributed by atoms with Crippen LogP contribution in [0.4, 0.5) is 5.69 Å². The van der Waals surface area contributed by atoms with Crippen molar-refractivity contribution in [1.29, 1.82) is 0 Å². The summed E-state index contributed by atoms with van der Waals surface area (Å²) in [5.74, 6) is -0.982. The molecule has 4 rings (SSSR count). The number of sulfonamides is 1. The lowest BCUT2D eigenvalue weighted by Gasteiger charge is -2.23. The highest BCUT2D eigenvalue weighted by Crippen LogP contribution is 2.37. The van der Waals surface area contributed by atoms with Crippen LogP contribution in [0.15, 0.2) is 52.3 Å². The fraction of sp³-hybridized carbons (Fsp3) is 0.391. The van der Waals surface area contributed by atoms with E-state index in [2.05, 4.69) is 6.92 Å². The van der Waals surface area contributed by atoms with Crippen LogP contribution in [0.3, 0.4) is 0 Å². The summed E-state index contributed by atoms with van der Waals surface area (Å²) >= 11 is 1.73. The average molecular weight is 490 g/mol. The third-order valence-electron chi connectivity index (χ3n) is 5.81. The number of hydrogen-bond donors (Lipinski definition) is 1. The number of carbonyl (C=O) groups excluding carboxylic acids is 2. The van der Waals surface area contributed by atoms with Gasteiger partial charge in [0.15, 0.2) is 6.61 Å². The molecule has 2 aliphatic rings. The summed E-state index contributed by atoms with van der Waals surface area (Å²) in [7, 11) is -3.71. The van der Waals surface area contributed by atoms with Gasteiger partial charge in [0.25, 0.3) is 11.8 Å². The van der Waals surface area contributed by atoms with Crippen molar-refractivity contribution in [2.45, 2.75) is 41.2 Å². The lowest BCUT2D eigenvalue weighted by atomic mass is 10.2. The maximum atomic E-state index is 13.0. The van der Waals surface area contributed by atoms with E-state index in [-0.39, 0.29) is 28.7 Å². The number of hydrogen-bond acceptors (Lipinski definition) is 6. The van der Waals surface area contributed by atoms with E-state index in [9.17, 15) is 18.0 Å². The Kier molecular flexibility index (Phi) is 6.96. The second-order valence-electron chi connectivity index (χ2n) is 8.15. The molecule has 2 amide bonds. The third kappa shape index (κ3) is 5.02. The van der Waals surface area contributed by atoms with E-state index in [0.717, 1.165) is 29.8 Å². The van der Waals surface area contributed by atoms with E-state index in [1.54, 1.807) is 16.7 Å². The van der Waals surface area contributed by atoms with Crippen LogP contribution in [-0.2, 0) is 14.8 Å². The van der Waals surface area contributed by atoms with Gasteiger partial charge in [0.2, 0.25) is 10.0 Å². The zero-order valence-corrected chi connectivity index (χ0v) is 20.0. The number of amides is 2. The molecule has 2 aromatic rings. The summed E-state index contributed by atoms with van der Waals surface area (Å²) in [4.78, 5) is 27.8. The van der Waals surface area contributed by atoms with E-state index in [1.165, 1.54) is 22.5 Å². The van der Waals surface area contributed by atoms with Crippen LogP contribution < -0.4 is 15.4 Å². The largest absolute Gasteiger partial charge is 0.483 e. The van der Waals surface area contributed by atoms with Crippen molar-refractivity contribution in [3.63, 3.8) is 0 Å². The Hall–Kier alpha value is -2.56. The normalized spacial score (nSPS) is 19.1. The van der Waals surface area contributed by atoms with Crippen molar-refractivity contribution in [3.05, 3.63) is 48.0 Å². The van der Waals surface area contributed by atoms with E-state index in [0.29, 0.717) is 24.9 Å². The molecule has 2 aromatic carbocycles. The molecule has 33 heavy (non-hydrogen) atoms. The Balaban J connectivity index is 1.53. The van der Waals surface area contributed by atoms with Gasteiger partial charge >= 0.3 is 0 Å². The van der Waals surface area contributed by atoms with Crippen LogP contribution in [0.25, 0.3) is 0 Å². The fourth-order valence-corrected chi connectivity index (χ4v) is 6.69. The highest BCUT2D eigenvalue weighted by molar-refractivity contribution is 8.00. The SMILES string of the molecule is C[C@H]1CCN(C(=O)COc2ccc(S(=O)(=O)N3CCCC3)cc2C(N)=O)c2ccccc2S1. The number of para-hydroxylation sites is 1. The Morgan fingerprint density at radius 2 is 1.85 bits per heavy atom. The summed E-state index contributed by atoms with van der Waals surface area (Å²) in [6.45, 7) is 3.29. The summed E-state index contributed by atoms with van der Waals surface area (Å²) in [6.07, 6.45) is 2.45. The van der Waals surface area contributed by atoms with Crippen LogP contribution in [0, 0.1) is 0 Å². The topological polar surface area (TPSA) is 110 Å². The van der Waals surface area contributed by atoms with Gasteiger partial charge in [-0.2, -0.15) is 4.31 Å². The molecule has 1 atom stereocenters. The number of benzene rings is 2. The molecule has 10 heteroatoms. The van der Waals surface area contributed by atoms with Crippen molar-refractivity contribution >= 4 is 39.3 Å². The van der Waals surface area contributed by atoms with Gasteiger partial charge in [0, 0.05) is 29.8 Å². The molecule has 0 aromatic heterocycles. The first kappa shape index (κ1) is 23.6. The number of thioether (sulfide) groups is 1. The lowest BCUT2D eigenvalue weighted by Crippen LogP contribution is -2.36. The van der Waals surface area contributed by atoms with Gasteiger partial charge in [-0.1, -0.05) is 19.1 Å². The lowest BCUT2D eigenvalue weighted by molar-refractivity contribution is -0.120. The molecule has 2 N–H and O–H groups in total. The minimum absolute atomic E-state index is 0.00988. The van der Waals surface area contributed by atoms with Crippen LogP contribution >= 0.6 is 11.8 Å². The monoisotopic (exact) mass is 489 g/mol. The van der Waals surface area contributed by atoms with Crippen molar-refractivity contribution in [2.24, 2.45) is 5.73 Å². The molecule has 0 unspecified atom stereocenters. The summed E-state index contributed by atoms with van der Waals surface area (Å²) < 4.78 is 32.8. The summed E-state index contributed by atoms with van der Waals surface area (Å²) in [5.41, 5.74) is 6.27. The highest BCUT2D eigenvalue weighted by atomic mass is 32.2. The van der Waals surface area contributed by atoms with Gasteiger partial charge in [-0.15, -0.1) is 11.8 Å². The number of nitrogens with zero attached hydrogens (tertiary/aromatic N) is 2. The molecule has 0 radical (unpaired) electrons. The molecule has 0 spiro atoms. The van der Waals surface area contributed by atoms with Crippen molar-refractivity contribution in [1.82, 2.24) is 4.31 Å². The Labute approximate surface area is 198 Å². The number of rotatable bonds is 6. The Morgan fingerprint density at radius 1 is 1.12 bits per heavy atom.